The van der Waals surface area contributed by atoms with Gasteiger partial charge in [0.15, 0.2) is 9.84 Å². The quantitative estimate of drug-likeness (QED) is 0.396. The summed E-state index contributed by atoms with van der Waals surface area (Å²) in [6.45, 7) is 2.11. The highest BCUT2D eigenvalue weighted by molar-refractivity contribution is 7.92. The van der Waals surface area contributed by atoms with Gasteiger partial charge < -0.3 is 4.74 Å². The van der Waals surface area contributed by atoms with Crippen LogP contribution in [-0.2, 0) is 19.4 Å². The molecule has 1 aromatic rings. The smallest absolute Gasteiger partial charge is 0.307 e. The first-order chi connectivity index (χ1) is 10.5. The maximum atomic E-state index is 12.6. The Morgan fingerprint density at radius 2 is 1.91 bits per heavy atom. The van der Waals surface area contributed by atoms with E-state index in [0.29, 0.717) is 0 Å². The van der Waals surface area contributed by atoms with E-state index in [2.05, 4.69) is 11.7 Å². The van der Waals surface area contributed by atoms with E-state index in [1.165, 1.54) is 7.11 Å². The van der Waals surface area contributed by atoms with Gasteiger partial charge in [0.05, 0.1) is 23.7 Å². The molecule has 1 rings (SSSR count). The standard InChI is InChI=1S/C17H24O4S/c1-3-4-5-6-8-13-16(14-17(18)21-2)22(19,20)15-11-9-7-10-12-15/h7-13,16H,3-6,14H2,1-2H3. The molecule has 0 saturated heterocycles. The van der Waals surface area contributed by atoms with E-state index in [1.807, 2.05) is 6.08 Å². The van der Waals surface area contributed by atoms with Crippen molar-refractivity contribution in [2.24, 2.45) is 0 Å². The van der Waals surface area contributed by atoms with Crippen LogP contribution in [0.1, 0.15) is 39.0 Å². The second-order valence-corrected chi connectivity index (χ2v) is 7.27. The Kier molecular flexibility index (Phi) is 7.88. The molecule has 0 bridgehead atoms. The van der Waals surface area contributed by atoms with Crippen molar-refractivity contribution in [2.45, 2.75) is 49.2 Å². The number of carbonyl (C=O) groups excluding carboxylic acids is 1. The summed E-state index contributed by atoms with van der Waals surface area (Å²) in [4.78, 5) is 11.7. The number of methoxy groups -OCH3 is 1. The van der Waals surface area contributed by atoms with Gasteiger partial charge in [-0.25, -0.2) is 8.42 Å². The van der Waals surface area contributed by atoms with Gasteiger partial charge in [0.25, 0.3) is 0 Å². The highest BCUT2D eigenvalue weighted by Gasteiger charge is 2.27. The van der Waals surface area contributed by atoms with Crippen molar-refractivity contribution in [1.29, 1.82) is 0 Å². The molecule has 0 radical (unpaired) electrons. The Morgan fingerprint density at radius 1 is 1.23 bits per heavy atom. The lowest BCUT2D eigenvalue weighted by molar-refractivity contribution is -0.140. The third kappa shape index (κ3) is 5.64. The molecule has 22 heavy (non-hydrogen) atoms. The second-order valence-electron chi connectivity index (χ2n) is 5.10. The number of hydrogen-bond acceptors (Lipinski definition) is 4. The van der Waals surface area contributed by atoms with Crippen LogP contribution >= 0.6 is 0 Å². The van der Waals surface area contributed by atoms with E-state index in [1.54, 1.807) is 36.4 Å². The van der Waals surface area contributed by atoms with Crippen LogP contribution in [-0.4, -0.2) is 26.7 Å². The van der Waals surface area contributed by atoms with Crippen molar-refractivity contribution in [2.75, 3.05) is 7.11 Å². The molecule has 0 aliphatic heterocycles. The number of sulfone groups is 1. The molecule has 4 nitrogen and oxygen atoms in total. The fourth-order valence-electron chi connectivity index (χ4n) is 2.07. The molecular formula is C17H24O4S. The van der Waals surface area contributed by atoms with Gasteiger partial charge in [0.2, 0.25) is 0 Å². The molecule has 5 heteroatoms. The molecule has 0 heterocycles. The number of unbranched alkanes of at least 4 members (excludes halogenated alkanes) is 3. The van der Waals surface area contributed by atoms with Crippen molar-refractivity contribution in [3.63, 3.8) is 0 Å². The maximum absolute atomic E-state index is 12.6. The van der Waals surface area contributed by atoms with Gasteiger partial charge in [-0.05, 0) is 25.0 Å². The molecule has 0 N–H and O–H groups in total. The van der Waals surface area contributed by atoms with Crippen molar-refractivity contribution in [3.8, 4) is 0 Å². The SMILES string of the molecule is CCCCCC=CC(CC(=O)OC)S(=O)(=O)c1ccccc1. The van der Waals surface area contributed by atoms with Gasteiger partial charge in [0, 0.05) is 0 Å². The lowest BCUT2D eigenvalue weighted by atomic mass is 10.2. The molecule has 1 aromatic carbocycles. The summed E-state index contributed by atoms with van der Waals surface area (Å²) < 4.78 is 29.9. The Balaban J connectivity index is 2.92. The summed E-state index contributed by atoms with van der Waals surface area (Å²) in [7, 11) is -2.32. The van der Waals surface area contributed by atoms with Crippen LogP contribution in [0.2, 0.25) is 0 Å². The highest BCUT2D eigenvalue weighted by atomic mass is 32.2. The Hall–Kier alpha value is -1.62. The molecule has 0 aromatic heterocycles. The summed E-state index contributed by atoms with van der Waals surface area (Å²) in [5, 5.41) is -0.885. The fourth-order valence-corrected chi connectivity index (χ4v) is 3.63. The van der Waals surface area contributed by atoms with Crippen LogP contribution in [0.25, 0.3) is 0 Å². The summed E-state index contributed by atoms with van der Waals surface area (Å²) >= 11 is 0. The van der Waals surface area contributed by atoms with Gasteiger partial charge in [0.1, 0.15) is 0 Å². The van der Waals surface area contributed by atoms with E-state index < -0.39 is 21.1 Å². The molecule has 0 aliphatic rings. The molecule has 1 atom stereocenters. The average Bonchev–Trinajstić information content (AvgIpc) is 2.54. The predicted octanol–water partition coefficient (Wildman–Crippen LogP) is 3.53. The summed E-state index contributed by atoms with van der Waals surface area (Å²) in [5.41, 5.74) is 0. The highest BCUT2D eigenvalue weighted by Crippen LogP contribution is 2.20. The normalized spacial score (nSPS) is 13.2. The van der Waals surface area contributed by atoms with Crippen molar-refractivity contribution in [3.05, 3.63) is 42.5 Å². The van der Waals surface area contributed by atoms with E-state index in [-0.39, 0.29) is 11.3 Å². The van der Waals surface area contributed by atoms with Crippen molar-refractivity contribution >= 4 is 15.8 Å². The van der Waals surface area contributed by atoms with Crippen LogP contribution in [0.4, 0.5) is 0 Å². The summed E-state index contributed by atoms with van der Waals surface area (Å²) in [5.74, 6) is -0.525. The molecule has 0 fully saturated rings. The number of carbonyl (C=O) groups is 1. The molecule has 0 aliphatic carbocycles. The maximum Gasteiger partial charge on any atom is 0.307 e. The Labute approximate surface area is 133 Å². The first kappa shape index (κ1) is 18.4. The number of hydrogen-bond donors (Lipinski definition) is 0. The number of allylic oxidation sites excluding steroid dienone is 1. The lowest BCUT2D eigenvalue weighted by Gasteiger charge is -2.13. The third-order valence-corrected chi connectivity index (χ3v) is 5.44. The molecule has 0 saturated carbocycles. The predicted molar refractivity (Wildman–Crippen MR) is 87.3 cm³/mol. The monoisotopic (exact) mass is 324 g/mol. The zero-order valence-corrected chi connectivity index (χ0v) is 14.0. The molecular weight excluding hydrogens is 300 g/mol. The molecule has 0 spiro atoms. The number of rotatable bonds is 9. The summed E-state index contributed by atoms with van der Waals surface area (Å²) in [6, 6.07) is 8.20. The zero-order chi connectivity index (χ0) is 16.4. The average molecular weight is 324 g/mol. The van der Waals surface area contributed by atoms with Gasteiger partial charge in [-0.2, -0.15) is 0 Å². The molecule has 1 unspecified atom stereocenters. The van der Waals surface area contributed by atoms with E-state index in [0.717, 1.165) is 25.7 Å². The van der Waals surface area contributed by atoms with Crippen LogP contribution in [0.5, 0.6) is 0 Å². The van der Waals surface area contributed by atoms with Gasteiger partial charge in [-0.15, -0.1) is 0 Å². The molecule has 0 amide bonds. The number of esters is 1. The largest absolute Gasteiger partial charge is 0.469 e. The van der Waals surface area contributed by atoms with Crippen LogP contribution in [0.15, 0.2) is 47.4 Å². The minimum atomic E-state index is -3.59. The topological polar surface area (TPSA) is 60.4 Å². The van der Waals surface area contributed by atoms with Crippen LogP contribution < -0.4 is 0 Å². The van der Waals surface area contributed by atoms with E-state index in [4.69, 9.17) is 0 Å². The Morgan fingerprint density at radius 3 is 2.50 bits per heavy atom. The van der Waals surface area contributed by atoms with Crippen molar-refractivity contribution in [1.82, 2.24) is 0 Å². The first-order valence-electron chi connectivity index (χ1n) is 7.54. The van der Waals surface area contributed by atoms with E-state index in [9.17, 15) is 13.2 Å². The van der Waals surface area contributed by atoms with Gasteiger partial charge in [-0.1, -0.05) is 50.1 Å². The zero-order valence-electron chi connectivity index (χ0n) is 13.2. The number of ether oxygens (including phenoxy) is 1. The minimum absolute atomic E-state index is 0.169. The molecule has 122 valence electrons. The van der Waals surface area contributed by atoms with Crippen molar-refractivity contribution < 1.29 is 17.9 Å². The van der Waals surface area contributed by atoms with E-state index >= 15 is 0 Å². The van der Waals surface area contributed by atoms with Gasteiger partial charge >= 0.3 is 5.97 Å². The Bertz CT molecular complexity index is 576. The first-order valence-corrected chi connectivity index (χ1v) is 9.09. The van der Waals surface area contributed by atoms with Crippen LogP contribution in [0, 0.1) is 0 Å². The second kappa shape index (κ2) is 9.41. The number of benzene rings is 1. The summed E-state index contributed by atoms with van der Waals surface area (Å²) in [6.07, 6.45) is 7.36. The fraction of sp³-hybridized carbons (Fsp3) is 0.471. The minimum Gasteiger partial charge on any atom is -0.469 e. The van der Waals surface area contributed by atoms with Crippen LogP contribution in [0.3, 0.4) is 0 Å². The lowest BCUT2D eigenvalue weighted by Crippen LogP contribution is -2.23. The third-order valence-electron chi connectivity index (χ3n) is 3.39. The van der Waals surface area contributed by atoms with Gasteiger partial charge in [-0.3, -0.25) is 4.79 Å².